The largest absolute Gasteiger partial charge is 0.385 e. The Balaban J connectivity index is 2.16. The number of methoxy groups -OCH3 is 1. The van der Waals surface area contributed by atoms with Crippen LogP contribution in [0.4, 0.5) is 4.39 Å². The minimum atomic E-state index is -0.106. The predicted molar refractivity (Wildman–Crippen MR) is 74.9 cm³/mol. The fourth-order valence-electron chi connectivity index (χ4n) is 1.92. The summed E-state index contributed by atoms with van der Waals surface area (Å²) in [5.41, 5.74) is 2.51. The first kappa shape index (κ1) is 16.1. The van der Waals surface area contributed by atoms with Crippen molar-refractivity contribution < 1.29 is 13.9 Å². The number of hydrogen-bond donors (Lipinski definition) is 1. The van der Waals surface area contributed by atoms with E-state index < -0.39 is 0 Å². The van der Waals surface area contributed by atoms with Crippen molar-refractivity contribution >= 4 is 0 Å². The van der Waals surface area contributed by atoms with Gasteiger partial charge in [0.2, 0.25) is 0 Å². The van der Waals surface area contributed by atoms with Crippen molar-refractivity contribution in [2.75, 3.05) is 33.5 Å². The molecule has 0 amide bonds. The molecule has 0 radical (unpaired) electrons. The molecule has 0 aliphatic heterocycles. The molecule has 0 atom stereocenters. The molecule has 0 fully saturated rings. The van der Waals surface area contributed by atoms with E-state index in [4.69, 9.17) is 9.47 Å². The summed E-state index contributed by atoms with van der Waals surface area (Å²) in [7, 11) is 1.69. The summed E-state index contributed by atoms with van der Waals surface area (Å²) in [6.07, 6.45) is 0.923. The lowest BCUT2D eigenvalue weighted by Crippen LogP contribution is -2.20. The van der Waals surface area contributed by atoms with Gasteiger partial charge in [0.05, 0.1) is 6.61 Å². The molecule has 0 heterocycles. The number of rotatable bonds is 9. The molecule has 0 aromatic heterocycles. The molecule has 0 saturated carbocycles. The summed E-state index contributed by atoms with van der Waals surface area (Å²) in [5, 5.41) is 3.29. The summed E-state index contributed by atoms with van der Waals surface area (Å²) >= 11 is 0. The van der Waals surface area contributed by atoms with Crippen LogP contribution in [0.1, 0.15) is 23.1 Å². The van der Waals surface area contributed by atoms with E-state index in [2.05, 4.69) is 5.32 Å². The van der Waals surface area contributed by atoms with E-state index >= 15 is 0 Å². The van der Waals surface area contributed by atoms with Gasteiger partial charge in [-0.05, 0) is 37.0 Å². The van der Waals surface area contributed by atoms with E-state index in [-0.39, 0.29) is 5.82 Å². The predicted octanol–water partition coefficient (Wildman–Crippen LogP) is 2.59. The second-order valence-corrected chi connectivity index (χ2v) is 4.68. The molecule has 0 unspecified atom stereocenters. The Bertz CT molecular complexity index is 359. The topological polar surface area (TPSA) is 30.5 Å². The van der Waals surface area contributed by atoms with Crippen molar-refractivity contribution in [3.8, 4) is 0 Å². The van der Waals surface area contributed by atoms with E-state index in [1.54, 1.807) is 21.0 Å². The summed E-state index contributed by atoms with van der Waals surface area (Å²) in [4.78, 5) is 0. The number of aryl methyl sites for hydroxylation is 2. The third kappa shape index (κ3) is 6.14. The highest BCUT2D eigenvalue weighted by Gasteiger charge is 2.03. The number of nitrogens with one attached hydrogen (secondary N) is 1. The van der Waals surface area contributed by atoms with Crippen molar-refractivity contribution in [1.82, 2.24) is 5.32 Å². The molecule has 1 N–H and O–H groups in total. The Labute approximate surface area is 115 Å². The lowest BCUT2D eigenvalue weighted by Gasteiger charge is -2.09. The van der Waals surface area contributed by atoms with Crippen LogP contribution in [0.3, 0.4) is 0 Å². The van der Waals surface area contributed by atoms with Crippen molar-refractivity contribution in [2.45, 2.75) is 26.8 Å². The summed E-state index contributed by atoms with van der Waals surface area (Å²) in [6.45, 7) is 7.27. The van der Waals surface area contributed by atoms with Crippen LogP contribution in [-0.4, -0.2) is 33.5 Å². The maximum absolute atomic E-state index is 13.5. The van der Waals surface area contributed by atoms with Crippen LogP contribution in [0.25, 0.3) is 0 Å². The molecule has 0 saturated heterocycles. The second kappa shape index (κ2) is 9.02. The average Bonchev–Trinajstić information content (AvgIpc) is 2.39. The minimum Gasteiger partial charge on any atom is -0.385 e. The third-order valence-electron chi connectivity index (χ3n) is 2.89. The zero-order chi connectivity index (χ0) is 14.1. The zero-order valence-corrected chi connectivity index (χ0v) is 12.1. The van der Waals surface area contributed by atoms with E-state index in [0.29, 0.717) is 17.7 Å². The molecule has 0 bridgehead atoms. The first-order valence-corrected chi connectivity index (χ1v) is 6.68. The van der Waals surface area contributed by atoms with Crippen LogP contribution in [-0.2, 0) is 16.0 Å². The minimum absolute atomic E-state index is 0.106. The lowest BCUT2D eigenvalue weighted by molar-refractivity contribution is 0.104. The van der Waals surface area contributed by atoms with E-state index in [0.717, 1.165) is 38.3 Å². The Morgan fingerprint density at radius 2 is 1.79 bits per heavy atom. The first-order chi connectivity index (χ1) is 9.15. The van der Waals surface area contributed by atoms with Crippen LogP contribution < -0.4 is 5.32 Å². The maximum atomic E-state index is 13.5. The third-order valence-corrected chi connectivity index (χ3v) is 2.89. The van der Waals surface area contributed by atoms with Crippen LogP contribution >= 0.6 is 0 Å². The molecule has 108 valence electrons. The second-order valence-electron chi connectivity index (χ2n) is 4.68. The van der Waals surface area contributed by atoms with Crippen molar-refractivity contribution in [1.29, 1.82) is 0 Å². The van der Waals surface area contributed by atoms with Crippen molar-refractivity contribution in [2.24, 2.45) is 0 Å². The summed E-state index contributed by atoms with van der Waals surface area (Å²) in [6, 6.07) is 3.77. The van der Waals surface area contributed by atoms with Crippen LogP contribution in [0.2, 0.25) is 0 Å². The van der Waals surface area contributed by atoms with Gasteiger partial charge >= 0.3 is 0 Å². The molecule has 0 aliphatic rings. The van der Waals surface area contributed by atoms with Crippen LogP contribution in [0.15, 0.2) is 12.1 Å². The van der Waals surface area contributed by atoms with Crippen LogP contribution in [0, 0.1) is 19.7 Å². The van der Waals surface area contributed by atoms with Crippen LogP contribution in [0.5, 0.6) is 0 Å². The molecule has 4 heteroatoms. The van der Waals surface area contributed by atoms with Gasteiger partial charge in [-0.25, -0.2) is 4.39 Å². The first-order valence-electron chi connectivity index (χ1n) is 6.68. The highest BCUT2D eigenvalue weighted by atomic mass is 19.1. The molecular formula is C15H24FNO2. The van der Waals surface area contributed by atoms with Gasteiger partial charge in [0.15, 0.2) is 0 Å². The molecule has 19 heavy (non-hydrogen) atoms. The van der Waals surface area contributed by atoms with Gasteiger partial charge in [0.1, 0.15) is 5.82 Å². The quantitative estimate of drug-likeness (QED) is 0.699. The summed E-state index contributed by atoms with van der Waals surface area (Å²) in [5.74, 6) is -0.106. The highest BCUT2D eigenvalue weighted by molar-refractivity contribution is 5.30. The molecule has 0 spiro atoms. The zero-order valence-electron chi connectivity index (χ0n) is 12.1. The van der Waals surface area contributed by atoms with Gasteiger partial charge < -0.3 is 14.8 Å². The van der Waals surface area contributed by atoms with Gasteiger partial charge in [-0.15, -0.1) is 0 Å². The molecular weight excluding hydrogens is 245 g/mol. The molecule has 1 aromatic rings. The van der Waals surface area contributed by atoms with Gasteiger partial charge in [-0.2, -0.15) is 0 Å². The normalized spacial score (nSPS) is 10.9. The number of ether oxygens (including phenoxy) is 2. The maximum Gasteiger partial charge on any atom is 0.129 e. The Hall–Kier alpha value is -0.970. The Morgan fingerprint density at radius 3 is 2.42 bits per heavy atom. The standard InChI is InChI=1S/C15H24FNO2/c1-12-9-14(10-13(2)15(12)16)11-17-5-8-19-7-4-6-18-3/h9-10,17H,4-8,11H2,1-3H3. The monoisotopic (exact) mass is 269 g/mol. The van der Waals surface area contributed by atoms with Gasteiger partial charge in [0, 0.05) is 33.4 Å². The number of benzene rings is 1. The van der Waals surface area contributed by atoms with E-state index in [1.165, 1.54) is 0 Å². The fraction of sp³-hybridized carbons (Fsp3) is 0.600. The smallest absolute Gasteiger partial charge is 0.129 e. The number of hydrogen-bond acceptors (Lipinski definition) is 3. The van der Waals surface area contributed by atoms with Gasteiger partial charge in [-0.3, -0.25) is 0 Å². The van der Waals surface area contributed by atoms with E-state index in [9.17, 15) is 4.39 Å². The average molecular weight is 269 g/mol. The van der Waals surface area contributed by atoms with Gasteiger partial charge in [0.25, 0.3) is 0 Å². The SMILES string of the molecule is COCCCOCCNCc1cc(C)c(F)c(C)c1. The van der Waals surface area contributed by atoms with Gasteiger partial charge in [-0.1, -0.05) is 12.1 Å². The van der Waals surface area contributed by atoms with Crippen molar-refractivity contribution in [3.05, 3.63) is 34.6 Å². The molecule has 0 aliphatic carbocycles. The lowest BCUT2D eigenvalue weighted by atomic mass is 10.1. The van der Waals surface area contributed by atoms with E-state index in [1.807, 2.05) is 12.1 Å². The fourth-order valence-corrected chi connectivity index (χ4v) is 1.92. The number of halogens is 1. The molecule has 3 nitrogen and oxygen atoms in total. The molecule has 1 rings (SSSR count). The highest BCUT2D eigenvalue weighted by Crippen LogP contribution is 2.14. The molecule has 1 aromatic carbocycles. The van der Waals surface area contributed by atoms with Crippen molar-refractivity contribution in [3.63, 3.8) is 0 Å². The Kier molecular flexibility index (Phi) is 7.63. The Morgan fingerprint density at radius 1 is 1.11 bits per heavy atom. The summed E-state index contributed by atoms with van der Waals surface area (Å²) < 4.78 is 23.8.